The highest BCUT2D eigenvalue weighted by Crippen LogP contribution is 2.17. The maximum absolute atomic E-state index is 6.01. The third kappa shape index (κ3) is 5.33. The van der Waals surface area contributed by atoms with E-state index in [1.165, 1.54) is 37.7 Å². The molecule has 106 valence electrons. The zero-order valence-corrected chi connectivity index (χ0v) is 12.1. The van der Waals surface area contributed by atoms with Gasteiger partial charge in [-0.2, -0.15) is 0 Å². The minimum atomic E-state index is 0.335. The number of benzene rings is 1. The molecule has 19 heavy (non-hydrogen) atoms. The quantitative estimate of drug-likeness (QED) is 0.803. The molecule has 0 amide bonds. The molecule has 2 heteroatoms. The molecule has 1 atom stereocenters. The summed E-state index contributed by atoms with van der Waals surface area (Å²) in [6.45, 7) is 3.93. The largest absolute Gasteiger partial charge is 0.372 e. The first-order chi connectivity index (χ1) is 9.38. The summed E-state index contributed by atoms with van der Waals surface area (Å²) in [6, 6.07) is 11.2. The van der Waals surface area contributed by atoms with Crippen LogP contribution in [0.25, 0.3) is 0 Å². The summed E-state index contributed by atoms with van der Waals surface area (Å²) in [7, 11) is 0. The van der Waals surface area contributed by atoms with Crippen molar-refractivity contribution in [2.45, 2.75) is 64.2 Å². The van der Waals surface area contributed by atoms with Gasteiger partial charge in [-0.3, -0.25) is 0 Å². The fraction of sp³-hybridized carbons (Fsp3) is 0.647. The van der Waals surface area contributed by atoms with Gasteiger partial charge in [0.2, 0.25) is 0 Å². The highest BCUT2D eigenvalue weighted by molar-refractivity contribution is 5.13. The summed E-state index contributed by atoms with van der Waals surface area (Å²) in [5.41, 5.74) is 1.26. The molecule has 1 N–H and O–H groups in total. The SMILES string of the molecule is CCC(CNC1CCCCC1)OCc1ccccc1. The Balaban J connectivity index is 1.67. The van der Waals surface area contributed by atoms with Gasteiger partial charge in [0.05, 0.1) is 12.7 Å². The van der Waals surface area contributed by atoms with E-state index in [2.05, 4.69) is 36.5 Å². The zero-order chi connectivity index (χ0) is 13.3. The Hall–Kier alpha value is -0.860. The van der Waals surface area contributed by atoms with Crippen LogP contribution in [-0.4, -0.2) is 18.7 Å². The molecule has 1 aliphatic rings. The molecule has 0 bridgehead atoms. The van der Waals surface area contributed by atoms with Crippen molar-refractivity contribution in [1.29, 1.82) is 0 Å². The van der Waals surface area contributed by atoms with E-state index in [0.717, 1.165) is 25.6 Å². The monoisotopic (exact) mass is 261 g/mol. The van der Waals surface area contributed by atoms with Gasteiger partial charge in [0.1, 0.15) is 0 Å². The van der Waals surface area contributed by atoms with Crippen molar-refractivity contribution in [1.82, 2.24) is 5.32 Å². The molecule has 0 radical (unpaired) electrons. The second-order valence-electron chi connectivity index (χ2n) is 5.57. The van der Waals surface area contributed by atoms with E-state index in [1.54, 1.807) is 0 Å². The van der Waals surface area contributed by atoms with Crippen molar-refractivity contribution in [2.75, 3.05) is 6.54 Å². The number of hydrogen-bond donors (Lipinski definition) is 1. The van der Waals surface area contributed by atoms with Crippen molar-refractivity contribution < 1.29 is 4.74 Å². The lowest BCUT2D eigenvalue weighted by Gasteiger charge is -2.25. The molecule has 1 aliphatic carbocycles. The van der Waals surface area contributed by atoms with Gasteiger partial charge in [-0.1, -0.05) is 56.5 Å². The van der Waals surface area contributed by atoms with Crippen LogP contribution in [0.15, 0.2) is 30.3 Å². The molecule has 2 rings (SSSR count). The lowest BCUT2D eigenvalue weighted by Crippen LogP contribution is -2.37. The molecular weight excluding hydrogens is 234 g/mol. The van der Waals surface area contributed by atoms with Crippen molar-refractivity contribution in [3.8, 4) is 0 Å². The van der Waals surface area contributed by atoms with E-state index in [-0.39, 0.29) is 0 Å². The van der Waals surface area contributed by atoms with E-state index in [0.29, 0.717) is 6.10 Å². The van der Waals surface area contributed by atoms with E-state index >= 15 is 0 Å². The van der Waals surface area contributed by atoms with Crippen LogP contribution < -0.4 is 5.32 Å². The van der Waals surface area contributed by atoms with Crippen LogP contribution in [0, 0.1) is 0 Å². The highest BCUT2D eigenvalue weighted by atomic mass is 16.5. The van der Waals surface area contributed by atoms with Crippen LogP contribution in [-0.2, 0) is 11.3 Å². The first-order valence-electron chi connectivity index (χ1n) is 7.77. The molecule has 0 aliphatic heterocycles. The lowest BCUT2D eigenvalue weighted by molar-refractivity contribution is 0.0357. The minimum Gasteiger partial charge on any atom is -0.372 e. The van der Waals surface area contributed by atoms with Gasteiger partial charge in [-0.15, -0.1) is 0 Å². The highest BCUT2D eigenvalue weighted by Gasteiger charge is 2.14. The summed E-state index contributed by atoms with van der Waals surface area (Å²) in [6.07, 6.45) is 8.29. The smallest absolute Gasteiger partial charge is 0.0721 e. The van der Waals surface area contributed by atoms with Crippen LogP contribution in [0.2, 0.25) is 0 Å². The molecule has 1 saturated carbocycles. The summed E-state index contributed by atoms with van der Waals surface area (Å²) < 4.78 is 6.01. The molecule has 1 unspecified atom stereocenters. The number of rotatable bonds is 7. The van der Waals surface area contributed by atoms with Gasteiger partial charge in [0.25, 0.3) is 0 Å². The van der Waals surface area contributed by atoms with Gasteiger partial charge in [0, 0.05) is 12.6 Å². The maximum atomic E-state index is 6.01. The van der Waals surface area contributed by atoms with Gasteiger partial charge in [-0.25, -0.2) is 0 Å². The van der Waals surface area contributed by atoms with Crippen molar-refractivity contribution in [3.05, 3.63) is 35.9 Å². The van der Waals surface area contributed by atoms with Gasteiger partial charge in [0.15, 0.2) is 0 Å². The summed E-state index contributed by atoms with van der Waals surface area (Å²) in [5, 5.41) is 3.68. The summed E-state index contributed by atoms with van der Waals surface area (Å²) >= 11 is 0. The first kappa shape index (κ1) is 14.5. The van der Waals surface area contributed by atoms with Crippen molar-refractivity contribution in [2.24, 2.45) is 0 Å². The van der Waals surface area contributed by atoms with Crippen LogP contribution in [0.1, 0.15) is 51.0 Å². The third-order valence-electron chi connectivity index (χ3n) is 4.02. The van der Waals surface area contributed by atoms with Crippen molar-refractivity contribution in [3.63, 3.8) is 0 Å². The fourth-order valence-electron chi connectivity index (χ4n) is 2.71. The van der Waals surface area contributed by atoms with Gasteiger partial charge in [-0.05, 0) is 24.8 Å². The van der Waals surface area contributed by atoms with Gasteiger partial charge < -0.3 is 10.1 Å². The fourth-order valence-corrected chi connectivity index (χ4v) is 2.71. The molecule has 1 aromatic carbocycles. The second kappa shape index (κ2) is 8.34. The van der Waals surface area contributed by atoms with Crippen LogP contribution >= 0.6 is 0 Å². The Kier molecular flexibility index (Phi) is 6.38. The van der Waals surface area contributed by atoms with Gasteiger partial charge >= 0.3 is 0 Å². The third-order valence-corrected chi connectivity index (χ3v) is 4.02. The van der Waals surface area contributed by atoms with Crippen LogP contribution in [0.3, 0.4) is 0 Å². The second-order valence-corrected chi connectivity index (χ2v) is 5.57. The molecule has 1 fully saturated rings. The average Bonchev–Trinajstić information content (AvgIpc) is 2.49. The number of hydrogen-bond acceptors (Lipinski definition) is 2. The standard InChI is InChI=1S/C17H27NO/c1-2-17(13-18-16-11-7-4-8-12-16)19-14-15-9-5-3-6-10-15/h3,5-6,9-10,16-18H,2,4,7-8,11-14H2,1H3. The average molecular weight is 261 g/mol. The van der Waals surface area contributed by atoms with E-state index in [9.17, 15) is 0 Å². The maximum Gasteiger partial charge on any atom is 0.0721 e. The Labute approximate surface area is 117 Å². The number of nitrogens with one attached hydrogen (secondary N) is 1. The topological polar surface area (TPSA) is 21.3 Å². The summed E-state index contributed by atoms with van der Waals surface area (Å²) in [5.74, 6) is 0. The molecule has 0 heterocycles. The molecule has 0 aromatic heterocycles. The Morgan fingerprint density at radius 3 is 2.58 bits per heavy atom. The van der Waals surface area contributed by atoms with E-state index in [4.69, 9.17) is 4.74 Å². The van der Waals surface area contributed by atoms with Crippen molar-refractivity contribution >= 4 is 0 Å². The predicted octanol–water partition coefficient (Wildman–Crippen LogP) is 3.90. The summed E-state index contributed by atoms with van der Waals surface area (Å²) in [4.78, 5) is 0. The zero-order valence-electron chi connectivity index (χ0n) is 12.1. The molecular formula is C17H27NO. The van der Waals surface area contributed by atoms with E-state index < -0.39 is 0 Å². The Morgan fingerprint density at radius 2 is 1.89 bits per heavy atom. The first-order valence-corrected chi connectivity index (χ1v) is 7.77. The van der Waals surface area contributed by atoms with E-state index in [1.807, 2.05) is 6.07 Å². The van der Waals surface area contributed by atoms with Crippen LogP contribution in [0.5, 0.6) is 0 Å². The number of ether oxygens (including phenoxy) is 1. The Morgan fingerprint density at radius 1 is 1.16 bits per heavy atom. The lowest BCUT2D eigenvalue weighted by atomic mass is 9.95. The normalized spacial score (nSPS) is 18.4. The van der Waals surface area contributed by atoms with Crippen LogP contribution in [0.4, 0.5) is 0 Å². The Bertz CT molecular complexity index is 332. The predicted molar refractivity (Wildman–Crippen MR) is 80.2 cm³/mol. The molecule has 0 saturated heterocycles. The molecule has 2 nitrogen and oxygen atoms in total. The molecule has 0 spiro atoms. The molecule has 1 aromatic rings. The minimum absolute atomic E-state index is 0.335.